The number of fused-ring (bicyclic) bond motifs is 2. The lowest BCUT2D eigenvalue weighted by atomic mass is 9.82. The van der Waals surface area contributed by atoms with Gasteiger partial charge in [-0.3, -0.25) is 14.5 Å². The number of amides is 3. The Kier molecular flexibility index (Phi) is 9.36. The summed E-state index contributed by atoms with van der Waals surface area (Å²) in [4.78, 5) is 57.3. The SMILES string of the molecule is COc1ccc2c(c1)[C@]1(O[C@@H](CC(=O)N(CCO)Cc3ccccc3)[C@H]([Si](C)(C)O)[C@H]1C)C(=O)N2Cc1ccc(N2CCOC2=O)cc1. The predicted molar refractivity (Wildman–Crippen MR) is 182 cm³/mol. The van der Waals surface area contributed by atoms with Crippen LogP contribution in [-0.4, -0.2) is 80.5 Å². The molecule has 6 rings (SSSR count). The number of ether oxygens (including phenoxy) is 3. The van der Waals surface area contributed by atoms with Gasteiger partial charge in [0.25, 0.3) is 5.91 Å². The van der Waals surface area contributed by atoms with Crippen LogP contribution in [0.4, 0.5) is 16.2 Å². The molecule has 2 saturated heterocycles. The van der Waals surface area contributed by atoms with Crippen molar-refractivity contribution < 1.29 is 38.5 Å². The van der Waals surface area contributed by atoms with Crippen molar-refractivity contribution in [2.45, 2.75) is 56.8 Å². The number of hydrogen-bond donors (Lipinski definition) is 2. The van der Waals surface area contributed by atoms with Crippen molar-refractivity contribution in [3.63, 3.8) is 0 Å². The quantitative estimate of drug-likeness (QED) is 0.287. The molecule has 0 aromatic heterocycles. The first-order chi connectivity index (χ1) is 23.0. The highest BCUT2D eigenvalue weighted by atomic mass is 28.4. The molecule has 3 aliphatic heterocycles. The number of carbonyl (C=O) groups is 3. The van der Waals surface area contributed by atoms with E-state index in [9.17, 15) is 24.3 Å². The van der Waals surface area contributed by atoms with E-state index in [-0.39, 0.29) is 44.0 Å². The molecule has 3 amide bonds. The largest absolute Gasteiger partial charge is 0.497 e. The summed E-state index contributed by atoms with van der Waals surface area (Å²) in [6.45, 7) is 6.93. The van der Waals surface area contributed by atoms with E-state index in [1.807, 2.05) is 86.7 Å². The fourth-order valence-electron chi connectivity index (χ4n) is 7.65. The van der Waals surface area contributed by atoms with Gasteiger partial charge in [0.15, 0.2) is 13.9 Å². The van der Waals surface area contributed by atoms with Crippen molar-refractivity contribution in [2.24, 2.45) is 5.92 Å². The predicted octanol–water partition coefficient (Wildman–Crippen LogP) is 4.41. The molecule has 0 unspecified atom stereocenters. The molecule has 1 spiro atoms. The lowest BCUT2D eigenvalue weighted by Gasteiger charge is -2.32. The third kappa shape index (κ3) is 6.09. The second-order valence-corrected chi connectivity index (χ2v) is 17.3. The molecule has 3 aromatic rings. The number of hydrogen-bond acceptors (Lipinski definition) is 8. The molecule has 2 N–H and O–H groups in total. The topological polar surface area (TPSA) is 129 Å². The maximum Gasteiger partial charge on any atom is 0.414 e. The lowest BCUT2D eigenvalue weighted by molar-refractivity contribution is -0.150. The first kappa shape index (κ1) is 33.7. The van der Waals surface area contributed by atoms with Crippen LogP contribution in [0.15, 0.2) is 72.8 Å². The number of rotatable bonds is 11. The molecule has 0 saturated carbocycles. The van der Waals surface area contributed by atoms with E-state index in [0.717, 1.165) is 16.8 Å². The molecule has 2 fully saturated rings. The minimum atomic E-state index is -3.02. The summed E-state index contributed by atoms with van der Waals surface area (Å²) in [6, 6.07) is 22.5. The molecule has 3 aliphatic rings. The van der Waals surface area contributed by atoms with E-state index in [1.54, 1.807) is 27.9 Å². The van der Waals surface area contributed by atoms with Crippen molar-refractivity contribution in [3.8, 4) is 5.75 Å². The van der Waals surface area contributed by atoms with Gasteiger partial charge in [-0.2, -0.15) is 0 Å². The van der Waals surface area contributed by atoms with Gasteiger partial charge in [-0.15, -0.1) is 0 Å². The maximum absolute atomic E-state index is 14.8. The van der Waals surface area contributed by atoms with Gasteiger partial charge >= 0.3 is 6.09 Å². The summed E-state index contributed by atoms with van der Waals surface area (Å²) >= 11 is 0. The molecular weight excluding hydrogens is 630 g/mol. The number of benzene rings is 3. The third-order valence-corrected chi connectivity index (χ3v) is 12.4. The first-order valence-corrected chi connectivity index (χ1v) is 19.4. The number of aliphatic hydroxyl groups is 1. The van der Waals surface area contributed by atoms with Gasteiger partial charge in [-0.1, -0.05) is 49.4 Å². The van der Waals surface area contributed by atoms with E-state index >= 15 is 0 Å². The van der Waals surface area contributed by atoms with E-state index in [2.05, 4.69) is 0 Å². The van der Waals surface area contributed by atoms with Crippen LogP contribution in [0.25, 0.3) is 0 Å². The first-order valence-electron chi connectivity index (χ1n) is 16.3. The zero-order valence-corrected chi connectivity index (χ0v) is 28.8. The Labute approximate surface area is 281 Å². The van der Waals surface area contributed by atoms with Crippen LogP contribution < -0.4 is 14.5 Å². The van der Waals surface area contributed by atoms with Crippen LogP contribution in [0.5, 0.6) is 5.75 Å². The molecule has 3 aromatic carbocycles. The number of carbonyl (C=O) groups excluding carboxylic acids is 3. The van der Waals surface area contributed by atoms with Crippen molar-refractivity contribution in [3.05, 3.63) is 89.5 Å². The second kappa shape index (κ2) is 13.3. The summed E-state index contributed by atoms with van der Waals surface area (Å²) in [5, 5.41) is 9.80. The molecule has 0 bridgehead atoms. The minimum absolute atomic E-state index is 0.0481. The Morgan fingerprint density at radius 1 is 1.06 bits per heavy atom. The number of aliphatic hydroxyl groups excluding tert-OH is 1. The van der Waals surface area contributed by atoms with E-state index in [1.165, 1.54) is 0 Å². The van der Waals surface area contributed by atoms with Gasteiger partial charge in [0, 0.05) is 35.8 Å². The standard InChI is InChI=1S/C36H43N3O8Si/c1-24-33(48(3,4)44)31(21-32(41)37(16-18-40)22-25-8-6-5-7-9-25)47-36(24)29-20-28(45-2)14-15-30(29)39(34(36)42)23-26-10-12-27(13-11-26)38-17-19-46-35(38)43/h5-15,20,24,31,33,40,44H,16-19,21-23H2,1-4H3/t24-,31+,33-,36+/m1/s1. The highest BCUT2D eigenvalue weighted by Gasteiger charge is 2.66. The summed E-state index contributed by atoms with van der Waals surface area (Å²) < 4.78 is 17.5. The van der Waals surface area contributed by atoms with Crippen LogP contribution in [0.2, 0.25) is 18.6 Å². The van der Waals surface area contributed by atoms with Crippen LogP contribution in [-0.2, 0) is 37.8 Å². The zero-order valence-electron chi connectivity index (χ0n) is 27.8. The summed E-state index contributed by atoms with van der Waals surface area (Å²) in [5.41, 5.74) is 1.92. The Bertz CT molecular complexity index is 1660. The van der Waals surface area contributed by atoms with Gasteiger partial charge in [0.05, 0.1) is 45.0 Å². The Hall–Kier alpha value is -4.23. The molecule has 0 radical (unpaired) electrons. The minimum Gasteiger partial charge on any atom is -0.497 e. The Balaban J connectivity index is 1.32. The zero-order chi connectivity index (χ0) is 34.2. The highest BCUT2D eigenvalue weighted by molar-refractivity contribution is 6.71. The molecule has 254 valence electrons. The smallest absolute Gasteiger partial charge is 0.414 e. The van der Waals surface area contributed by atoms with Gasteiger partial charge in [0.2, 0.25) is 5.91 Å². The van der Waals surface area contributed by atoms with Crippen molar-refractivity contribution >= 4 is 37.6 Å². The summed E-state index contributed by atoms with van der Waals surface area (Å²) in [6.07, 6.45) is -1.17. The van der Waals surface area contributed by atoms with Crippen LogP contribution in [0.1, 0.15) is 30.0 Å². The van der Waals surface area contributed by atoms with Crippen molar-refractivity contribution in [1.82, 2.24) is 4.90 Å². The molecule has 48 heavy (non-hydrogen) atoms. The second-order valence-electron chi connectivity index (χ2n) is 13.3. The molecule has 12 heteroatoms. The fraction of sp³-hybridized carbons (Fsp3) is 0.417. The number of anilines is 2. The van der Waals surface area contributed by atoms with Gasteiger partial charge in [-0.25, -0.2) is 4.79 Å². The van der Waals surface area contributed by atoms with Crippen LogP contribution >= 0.6 is 0 Å². The average molecular weight is 674 g/mol. The number of methoxy groups -OCH3 is 1. The van der Waals surface area contributed by atoms with Crippen molar-refractivity contribution in [2.75, 3.05) is 43.2 Å². The molecule has 11 nitrogen and oxygen atoms in total. The molecule has 4 atom stereocenters. The van der Waals surface area contributed by atoms with Crippen LogP contribution in [0, 0.1) is 5.92 Å². The lowest BCUT2D eigenvalue weighted by Crippen LogP contribution is -2.46. The Morgan fingerprint density at radius 2 is 1.79 bits per heavy atom. The van der Waals surface area contributed by atoms with E-state index < -0.39 is 31.5 Å². The Morgan fingerprint density at radius 3 is 2.42 bits per heavy atom. The van der Waals surface area contributed by atoms with Crippen LogP contribution in [0.3, 0.4) is 0 Å². The van der Waals surface area contributed by atoms with E-state index in [4.69, 9.17) is 14.2 Å². The highest BCUT2D eigenvalue weighted by Crippen LogP contribution is 2.60. The van der Waals surface area contributed by atoms with E-state index in [0.29, 0.717) is 36.7 Å². The fourth-order valence-corrected chi connectivity index (χ4v) is 10.2. The average Bonchev–Trinajstić information content (AvgIpc) is 3.70. The van der Waals surface area contributed by atoms with Gasteiger partial charge in [0.1, 0.15) is 12.4 Å². The van der Waals surface area contributed by atoms with Gasteiger partial charge in [-0.05, 0) is 54.6 Å². The molecular formula is C36H43N3O8Si. The molecule has 3 heterocycles. The number of cyclic esters (lactones) is 1. The summed E-state index contributed by atoms with van der Waals surface area (Å²) in [5.74, 6) is -0.385. The maximum atomic E-state index is 14.8. The van der Waals surface area contributed by atoms with Gasteiger partial charge < -0.3 is 33.9 Å². The molecule has 0 aliphatic carbocycles. The number of nitrogens with zero attached hydrogens (tertiary/aromatic N) is 3. The third-order valence-electron chi connectivity index (χ3n) is 9.86. The monoisotopic (exact) mass is 673 g/mol. The summed E-state index contributed by atoms with van der Waals surface area (Å²) in [7, 11) is -1.46. The normalized spacial score (nSPS) is 23.5. The van der Waals surface area contributed by atoms with Crippen molar-refractivity contribution in [1.29, 1.82) is 0 Å².